The number of aliphatic hydroxyl groups excluding tert-OH is 1. The molecule has 0 aromatic heterocycles. The first kappa shape index (κ1) is 88.1. The number of hydrogen-bond donors (Lipinski definition) is 3. The van der Waals surface area contributed by atoms with Gasteiger partial charge in [0.05, 0.1) is 26.4 Å². The highest BCUT2D eigenvalue weighted by molar-refractivity contribution is 7.47. The molecule has 3 unspecified atom stereocenters. The van der Waals surface area contributed by atoms with Crippen LogP contribution in [0.2, 0.25) is 0 Å². The van der Waals surface area contributed by atoms with Crippen molar-refractivity contribution in [2.75, 3.05) is 39.6 Å². The Balaban J connectivity index is 5.26. The third kappa shape index (κ3) is 63.5. The molecule has 0 saturated carbocycles. The molecule has 6 atom stereocenters. The average Bonchev–Trinajstić information content (AvgIpc) is 3.74. The van der Waals surface area contributed by atoms with Crippen molar-refractivity contribution < 1.29 is 80.2 Å². The van der Waals surface area contributed by atoms with Gasteiger partial charge in [0.15, 0.2) is 12.2 Å². The van der Waals surface area contributed by atoms with Crippen molar-refractivity contribution in [2.45, 2.75) is 387 Å². The molecule has 0 radical (unpaired) electrons. The minimum absolute atomic E-state index is 0.106. The van der Waals surface area contributed by atoms with Gasteiger partial charge in [-0.3, -0.25) is 37.3 Å². The van der Waals surface area contributed by atoms with Gasteiger partial charge in [0, 0.05) is 25.7 Å². The summed E-state index contributed by atoms with van der Waals surface area (Å²) >= 11 is 0. The number of phosphoric ester groups is 2. The molecule has 0 amide bonds. The van der Waals surface area contributed by atoms with Crippen LogP contribution >= 0.6 is 15.6 Å². The summed E-state index contributed by atoms with van der Waals surface area (Å²) in [5.41, 5.74) is 0. The summed E-state index contributed by atoms with van der Waals surface area (Å²) in [5.74, 6) is -1.35. The molecule has 0 bridgehead atoms. The number of carbonyl (C=O) groups is 4. The highest BCUT2D eigenvalue weighted by Gasteiger charge is 2.30. The van der Waals surface area contributed by atoms with Gasteiger partial charge in [-0.15, -0.1) is 0 Å². The zero-order chi connectivity index (χ0) is 66.3. The molecule has 534 valence electrons. The van der Waals surface area contributed by atoms with Gasteiger partial charge in [0.2, 0.25) is 0 Å². The first-order valence-electron chi connectivity index (χ1n) is 37.2. The summed E-state index contributed by atoms with van der Waals surface area (Å²) in [7, 11) is -9.90. The lowest BCUT2D eigenvalue weighted by Gasteiger charge is -2.21. The van der Waals surface area contributed by atoms with E-state index in [9.17, 15) is 43.2 Å². The normalized spacial score (nSPS) is 14.4. The second kappa shape index (κ2) is 64.4. The number of ether oxygens (including phenoxy) is 4. The molecule has 19 heteroatoms. The summed E-state index contributed by atoms with van der Waals surface area (Å²) in [4.78, 5) is 72.6. The van der Waals surface area contributed by atoms with Crippen LogP contribution in [-0.4, -0.2) is 96.7 Å². The SMILES string of the molecule is CCCCCCCCCCCCCCCCC(=O)O[C@H](COC(=O)CCCCCCCCCCCCCCC)COP(=O)(O)OC[C@@H](O)COP(=O)(O)OC[C@@H](COC(=O)CCCCCCCCCCCCC)OC(=O)CCCCCCCCCCC(C)CC. The summed E-state index contributed by atoms with van der Waals surface area (Å²) in [5, 5.41) is 10.6. The Kier molecular flexibility index (Phi) is 63.0. The zero-order valence-electron chi connectivity index (χ0n) is 58.3. The van der Waals surface area contributed by atoms with Gasteiger partial charge in [0.1, 0.15) is 19.3 Å². The topological polar surface area (TPSA) is 237 Å². The van der Waals surface area contributed by atoms with E-state index in [2.05, 4.69) is 34.6 Å². The van der Waals surface area contributed by atoms with E-state index in [1.54, 1.807) is 0 Å². The van der Waals surface area contributed by atoms with Crippen LogP contribution in [0.3, 0.4) is 0 Å². The molecule has 0 spiro atoms. The summed E-state index contributed by atoms with van der Waals surface area (Å²) in [6.07, 6.45) is 51.1. The van der Waals surface area contributed by atoms with Gasteiger partial charge in [-0.25, -0.2) is 9.13 Å². The lowest BCUT2D eigenvalue weighted by molar-refractivity contribution is -0.161. The lowest BCUT2D eigenvalue weighted by Crippen LogP contribution is -2.30. The van der Waals surface area contributed by atoms with Crippen LogP contribution in [0.1, 0.15) is 369 Å². The largest absolute Gasteiger partial charge is 0.472 e. The number of carbonyl (C=O) groups excluding carboxylic acids is 4. The molecule has 0 aliphatic carbocycles. The van der Waals surface area contributed by atoms with Crippen LogP contribution < -0.4 is 0 Å². The lowest BCUT2D eigenvalue weighted by atomic mass is 9.99. The first-order valence-corrected chi connectivity index (χ1v) is 40.2. The van der Waals surface area contributed by atoms with Gasteiger partial charge in [-0.05, 0) is 31.6 Å². The Bertz CT molecular complexity index is 1740. The Morgan fingerprint density at radius 3 is 0.789 bits per heavy atom. The molecular formula is C71H138O17P2. The number of hydrogen-bond acceptors (Lipinski definition) is 15. The van der Waals surface area contributed by atoms with E-state index in [0.29, 0.717) is 25.7 Å². The number of esters is 4. The van der Waals surface area contributed by atoms with E-state index < -0.39 is 97.5 Å². The van der Waals surface area contributed by atoms with Crippen molar-refractivity contribution in [1.82, 2.24) is 0 Å². The standard InChI is InChI=1S/C71H138O17P2/c1-6-10-13-16-19-22-25-27-29-32-35-41-46-51-56-70(75)87-66(60-82-69(74)55-50-45-40-34-31-28-26-23-20-17-14-11-7-2)62-85-89(77,78)83-58-65(72)59-84-90(79,80)86-63-67(61-81-68(73)54-49-44-39-33-30-24-21-18-15-12-8-3)88-71(76)57-52-47-42-37-36-38-43-48-53-64(5)9-4/h64-67,72H,6-63H2,1-5H3,(H,77,78)(H,79,80)/t64?,65-,66-,67-/m1/s1. The summed E-state index contributed by atoms with van der Waals surface area (Å²) in [6, 6.07) is 0. The molecular weight excluding hydrogens is 1190 g/mol. The Hall–Kier alpha value is -1.94. The molecule has 0 heterocycles. The van der Waals surface area contributed by atoms with E-state index in [-0.39, 0.29) is 25.7 Å². The van der Waals surface area contributed by atoms with Crippen molar-refractivity contribution >= 4 is 39.5 Å². The molecule has 90 heavy (non-hydrogen) atoms. The van der Waals surface area contributed by atoms with Crippen LogP contribution in [0, 0.1) is 5.92 Å². The zero-order valence-corrected chi connectivity index (χ0v) is 60.1. The smallest absolute Gasteiger partial charge is 0.462 e. The third-order valence-electron chi connectivity index (χ3n) is 16.9. The molecule has 0 aromatic carbocycles. The molecule has 0 aliphatic heterocycles. The highest BCUT2D eigenvalue weighted by atomic mass is 31.2. The van der Waals surface area contributed by atoms with Crippen molar-refractivity contribution in [3.8, 4) is 0 Å². The second-order valence-electron chi connectivity index (χ2n) is 25.9. The van der Waals surface area contributed by atoms with E-state index >= 15 is 0 Å². The quantitative estimate of drug-likeness (QED) is 0.0222. The maximum absolute atomic E-state index is 13.0. The van der Waals surface area contributed by atoms with Gasteiger partial charge in [0.25, 0.3) is 0 Å². The summed E-state index contributed by atoms with van der Waals surface area (Å²) in [6.45, 7) is 7.26. The third-order valence-corrected chi connectivity index (χ3v) is 18.8. The fourth-order valence-electron chi connectivity index (χ4n) is 10.8. The van der Waals surface area contributed by atoms with Crippen LogP contribution in [0.15, 0.2) is 0 Å². The van der Waals surface area contributed by atoms with Crippen LogP contribution in [0.25, 0.3) is 0 Å². The second-order valence-corrected chi connectivity index (χ2v) is 28.8. The Morgan fingerprint density at radius 2 is 0.533 bits per heavy atom. The van der Waals surface area contributed by atoms with E-state index in [0.717, 1.165) is 95.8 Å². The van der Waals surface area contributed by atoms with Gasteiger partial charge < -0.3 is 33.8 Å². The van der Waals surface area contributed by atoms with Crippen molar-refractivity contribution in [3.63, 3.8) is 0 Å². The minimum Gasteiger partial charge on any atom is -0.462 e. The number of aliphatic hydroxyl groups is 1. The Labute approximate surface area is 549 Å². The predicted molar refractivity (Wildman–Crippen MR) is 363 cm³/mol. The van der Waals surface area contributed by atoms with Crippen LogP contribution in [0.5, 0.6) is 0 Å². The number of unbranched alkanes of at least 4 members (excludes halogenated alkanes) is 42. The maximum Gasteiger partial charge on any atom is 0.472 e. The molecule has 0 saturated heterocycles. The summed E-state index contributed by atoms with van der Waals surface area (Å²) < 4.78 is 68.3. The molecule has 17 nitrogen and oxygen atoms in total. The average molecular weight is 1330 g/mol. The minimum atomic E-state index is -4.95. The van der Waals surface area contributed by atoms with Gasteiger partial charge >= 0.3 is 39.5 Å². The highest BCUT2D eigenvalue weighted by Crippen LogP contribution is 2.45. The van der Waals surface area contributed by atoms with E-state index in [1.165, 1.54) is 193 Å². The van der Waals surface area contributed by atoms with Crippen molar-refractivity contribution in [1.29, 1.82) is 0 Å². The molecule has 0 fully saturated rings. The van der Waals surface area contributed by atoms with Crippen LogP contribution in [0.4, 0.5) is 0 Å². The number of phosphoric acid groups is 2. The number of rotatable bonds is 71. The van der Waals surface area contributed by atoms with Crippen molar-refractivity contribution in [3.05, 3.63) is 0 Å². The van der Waals surface area contributed by atoms with Crippen LogP contribution in [-0.2, 0) is 65.4 Å². The predicted octanol–water partition coefficient (Wildman–Crippen LogP) is 20.5. The van der Waals surface area contributed by atoms with Gasteiger partial charge in [-0.1, -0.05) is 317 Å². The molecule has 0 rings (SSSR count). The van der Waals surface area contributed by atoms with E-state index in [1.807, 2.05) is 0 Å². The molecule has 0 aliphatic rings. The van der Waals surface area contributed by atoms with Crippen molar-refractivity contribution in [2.24, 2.45) is 5.92 Å². The first-order chi connectivity index (χ1) is 43.6. The maximum atomic E-state index is 13.0. The monoisotopic (exact) mass is 1320 g/mol. The van der Waals surface area contributed by atoms with E-state index in [4.69, 9.17) is 37.0 Å². The fraction of sp³-hybridized carbons (Fsp3) is 0.944. The molecule has 0 aromatic rings. The van der Waals surface area contributed by atoms with Gasteiger partial charge in [-0.2, -0.15) is 0 Å². The molecule has 3 N–H and O–H groups in total. The Morgan fingerprint density at radius 1 is 0.311 bits per heavy atom. The fourth-order valence-corrected chi connectivity index (χ4v) is 12.4.